The highest BCUT2D eigenvalue weighted by Gasteiger charge is 2.33. The fourth-order valence-electron chi connectivity index (χ4n) is 2.52. The molecule has 104 valence electrons. The summed E-state index contributed by atoms with van der Waals surface area (Å²) in [6.07, 6.45) is 6.98. The minimum atomic E-state index is -0.329. The third kappa shape index (κ3) is 4.50. The molecular formula is C14H26N2O2. The van der Waals surface area contributed by atoms with Crippen LogP contribution >= 0.6 is 0 Å². The van der Waals surface area contributed by atoms with E-state index in [2.05, 4.69) is 24.5 Å². The van der Waals surface area contributed by atoms with Crippen molar-refractivity contribution in [2.45, 2.75) is 70.5 Å². The number of nitrogens with one attached hydrogen (secondary N) is 2. The Kier molecular flexibility index (Phi) is 7.13. The number of carbonyl (C=O) groups is 2. The first-order valence-corrected chi connectivity index (χ1v) is 7.21. The Hall–Kier alpha value is -0.740. The van der Waals surface area contributed by atoms with Gasteiger partial charge in [0.1, 0.15) is 0 Å². The van der Waals surface area contributed by atoms with E-state index < -0.39 is 0 Å². The molecule has 0 aromatic rings. The van der Waals surface area contributed by atoms with E-state index in [1.165, 1.54) is 0 Å². The molecule has 0 aromatic heterocycles. The quantitative estimate of drug-likeness (QED) is 0.508. The van der Waals surface area contributed by atoms with Crippen molar-refractivity contribution in [2.24, 2.45) is 0 Å². The van der Waals surface area contributed by atoms with Gasteiger partial charge in [0.05, 0.1) is 6.04 Å². The van der Waals surface area contributed by atoms with Gasteiger partial charge < -0.3 is 10.6 Å². The van der Waals surface area contributed by atoms with Crippen LogP contribution in [0, 0.1) is 0 Å². The van der Waals surface area contributed by atoms with Crippen molar-refractivity contribution in [2.75, 3.05) is 6.54 Å². The molecule has 1 rings (SSSR count). The molecule has 0 spiro atoms. The van der Waals surface area contributed by atoms with Gasteiger partial charge in [-0.1, -0.05) is 39.5 Å². The second kappa shape index (κ2) is 8.38. The van der Waals surface area contributed by atoms with E-state index in [0.29, 0.717) is 12.3 Å². The summed E-state index contributed by atoms with van der Waals surface area (Å²) in [6.45, 7) is 5.20. The average molecular weight is 254 g/mol. The number of carbonyl (C=O) groups excluding carboxylic acids is 2. The van der Waals surface area contributed by atoms with Crippen LogP contribution in [0.4, 0.5) is 0 Å². The highest BCUT2D eigenvalue weighted by molar-refractivity contribution is 6.27. The molecule has 0 aromatic carbocycles. The minimum Gasteiger partial charge on any atom is -0.310 e. The van der Waals surface area contributed by atoms with Crippen molar-refractivity contribution in [3.63, 3.8) is 0 Å². The lowest BCUT2D eigenvalue weighted by atomic mass is 9.93. The molecule has 1 unspecified atom stereocenters. The minimum absolute atomic E-state index is 0.112. The van der Waals surface area contributed by atoms with Crippen LogP contribution < -0.4 is 10.6 Å². The fraction of sp³-hybridized carbons (Fsp3) is 0.857. The maximum atomic E-state index is 11.7. The van der Waals surface area contributed by atoms with Gasteiger partial charge in [0.15, 0.2) is 6.29 Å². The molecule has 0 amide bonds. The predicted octanol–water partition coefficient (Wildman–Crippen LogP) is 1.43. The van der Waals surface area contributed by atoms with E-state index in [1.54, 1.807) is 0 Å². The molecule has 4 nitrogen and oxygen atoms in total. The van der Waals surface area contributed by atoms with Gasteiger partial charge in [-0.2, -0.15) is 0 Å². The Bertz CT molecular complexity index is 269. The van der Waals surface area contributed by atoms with Crippen molar-refractivity contribution in [3.05, 3.63) is 0 Å². The normalized spacial score (nSPS) is 28.0. The molecule has 18 heavy (non-hydrogen) atoms. The summed E-state index contributed by atoms with van der Waals surface area (Å²) < 4.78 is 0. The number of unbranched alkanes of at least 4 members (excludes halogenated alkanes) is 2. The van der Waals surface area contributed by atoms with E-state index in [1.807, 2.05) is 0 Å². The van der Waals surface area contributed by atoms with E-state index >= 15 is 0 Å². The zero-order valence-corrected chi connectivity index (χ0v) is 11.6. The molecule has 1 heterocycles. The molecule has 1 saturated heterocycles. The third-order valence-electron chi connectivity index (χ3n) is 3.64. The zero-order valence-electron chi connectivity index (χ0n) is 11.6. The number of hydrogen-bond acceptors (Lipinski definition) is 4. The van der Waals surface area contributed by atoms with Crippen molar-refractivity contribution in [1.82, 2.24) is 10.6 Å². The number of hydrogen-bond donors (Lipinski definition) is 2. The van der Waals surface area contributed by atoms with E-state index in [4.69, 9.17) is 0 Å². The molecule has 4 heteroatoms. The number of rotatable bonds is 8. The lowest BCUT2D eigenvalue weighted by molar-refractivity contribution is -0.132. The predicted molar refractivity (Wildman–Crippen MR) is 72.6 cm³/mol. The van der Waals surface area contributed by atoms with Gasteiger partial charge >= 0.3 is 0 Å². The topological polar surface area (TPSA) is 58.2 Å². The SMILES string of the molecule is CCCC[C@H]1CN[C@@H](CCCC)C(C(=O)C=O)N1. The van der Waals surface area contributed by atoms with Crippen molar-refractivity contribution < 1.29 is 9.59 Å². The number of piperazine rings is 1. The standard InChI is InChI=1S/C14H26N2O2/c1-3-5-7-11-9-15-12(8-6-4-2)14(16-11)13(18)10-17/h10-12,14-16H,3-9H2,1-2H3/t11-,12-,14?/m0/s1. The maximum Gasteiger partial charge on any atom is 0.213 e. The first-order valence-electron chi connectivity index (χ1n) is 7.21. The second-order valence-electron chi connectivity index (χ2n) is 5.16. The summed E-state index contributed by atoms with van der Waals surface area (Å²) in [6, 6.07) is 0.0990. The van der Waals surface area contributed by atoms with Crippen LogP contribution in [-0.2, 0) is 9.59 Å². The Balaban J connectivity index is 2.55. The van der Waals surface area contributed by atoms with Gasteiger partial charge in [-0.05, 0) is 12.8 Å². The van der Waals surface area contributed by atoms with Crippen LogP contribution in [0.5, 0.6) is 0 Å². The molecule has 0 bridgehead atoms. The van der Waals surface area contributed by atoms with Gasteiger partial charge in [-0.15, -0.1) is 0 Å². The van der Waals surface area contributed by atoms with Gasteiger partial charge in [0.25, 0.3) is 0 Å². The highest BCUT2D eigenvalue weighted by atomic mass is 16.2. The largest absolute Gasteiger partial charge is 0.310 e. The molecule has 0 saturated carbocycles. The molecule has 1 fully saturated rings. The summed E-state index contributed by atoms with van der Waals surface area (Å²) in [4.78, 5) is 22.4. The third-order valence-corrected chi connectivity index (χ3v) is 3.64. The van der Waals surface area contributed by atoms with E-state index in [-0.39, 0.29) is 17.9 Å². The molecule has 1 aliphatic heterocycles. The second-order valence-corrected chi connectivity index (χ2v) is 5.16. The molecule has 0 radical (unpaired) electrons. The van der Waals surface area contributed by atoms with Crippen LogP contribution in [0.15, 0.2) is 0 Å². The molecule has 3 atom stereocenters. The number of aldehydes is 1. The number of ketones is 1. The Morgan fingerprint density at radius 1 is 1.22 bits per heavy atom. The van der Waals surface area contributed by atoms with Crippen molar-refractivity contribution in [3.8, 4) is 0 Å². The van der Waals surface area contributed by atoms with Crippen LogP contribution in [0.3, 0.4) is 0 Å². The van der Waals surface area contributed by atoms with Crippen LogP contribution in [0.2, 0.25) is 0 Å². The first-order chi connectivity index (χ1) is 8.72. The van der Waals surface area contributed by atoms with Gasteiger partial charge in [-0.25, -0.2) is 0 Å². The van der Waals surface area contributed by atoms with E-state index in [9.17, 15) is 9.59 Å². The lowest BCUT2D eigenvalue weighted by Crippen LogP contribution is -2.63. The molecule has 1 aliphatic rings. The monoisotopic (exact) mass is 254 g/mol. The maximum absolute atomic E-state index is 11.7. The summed E-state index contributed by atoms with van der Waals surface area (Å²) in [5.74, 6) is -0.315. The summed E-state index contributed by atoms with van der Waals surface area (Å²) in [5, 5.41) is 6.79. The molecule has 2 N–H and O–H groups in total. The van der Waals surface area contributed by atoms with Crippen LogP contribution in [0.1, 0.15) is 52.4 Å². The molecule has 0 aliphatic carbocycles. The lowest BCUT2D eigenvalue weighted by Gasteiger charge is -2.37. The van der Waals surface area contributed by atoms with Crippen LogP contribution in [-0.4, -0.2) is 36.7 Å². The Labute approximate surface area is 110 Å². The summed E-state index contributed by atoms with van der Waals surface area (Å²) in [7, 11) is 0. The highest BCUT2D eigenvalue weighted by Crippen LogP contribution is 2.13. The summed E-state index contributed by atoms with van der Waals surface area (Å²) >= 11 is 0. The average Bonchev–Trinajstić information content (AvgIpc) is 2.42. The Morgan fingerprint density at radius 2 is 1.89 bits per heavy atom. The van der Waals surface area contributed by atoms with Crippen molar-refractivity contribution >= 4 is 12.1 Å². The zero-order chi connectivity index (χ0) is 13.4. The van der Waals surface area contributed by atoms with Crippen molar-refractivity contribution in [1.29, 1.82) is 0 Å². The summed E-state index contributed by atoms with van der Waals surface area (Å²) in [5.41, 5.74) is 0. The van der Waals surface area contributed by atoms with Gasteiger partial charge in [0, 0.05) is 18.6 Å². The van der Waals surface area contributed by atoms with Gasteiger partial charge in [-0.3, -0.25) is 9.59 Å². The fourth-order valence-corrected chi connectivity index (χ4v) is 2.52. The van der Waals surface area contributed by atoms with E-state index in [0.717, 1.165) is 45.1 Å². The smallest absolute Gasteiger partial charge is 0.213 e. The van der Waals surface area contributed by atoms with Crippen LogP contribution in [0.25, 0.3) is 0 Å². The Morgan fingerprint density at radius 3 is 2.50 bits per heavy atom. The first kappa shape index (κ1) is 15.3. The van der Waals surface area contributed by atoms with Gasteiger partial charge in [0.2, 0.25) is 5.78 Å². The number of Topliss-reactive ketones (excluding diaryl/α,β-unsaturated/α-hetero) is 1. The molecular weight excluding hydrogens is 228 g/mol.